The number of hydrogen-bond acceptors (Lipinski definition) is 6. The summed E-state index contributed by atoms with van der Waals surface area (Å²) in [5.74, 6) is 0.157. The molecule has 58 heavy (non-hydrogen) atoms. The van der Waals surface area contributed by atoms with Crippen molar-refractivity contribution in [3.63, 3.8) is 0 Å². The average molecular weight is 819 g/mol. The Balaban J connectivity index is 4.23. The van der Waals surface area contributed by atoms with E-state index in [1.807, 2.05) is 6.92 Å². The molecule has 3 amide bonds. The van der Waals surface area contributed by atoms with Crippen LogP contribution in [0.3, 0.4) is 0 Å². The quantitative estimate of drug-likeness (QED) is 0.0417. The van der Waals surface area contributed by atoms with E-state index in [1.165, 1.54) is 141 Å². The Morgan fingerprint density at radius 3 is 1.10 bits per heavy atom. The molecule has 0 aromatic carbocycles. The fourth-order valence-corrected chi connectivity index (χ4v) is 6.90. The lowest BCUT2D eigenvalue weighted by molar-refractivity contribution is -0.122. The molecule has 0 aliphatic heterocycles. The van der Waals surface area contributed by atoms with Crippen LogP contribution in [-0.4, -0.2) is 88.3 Å². The predicted molar refractivity (Wildman–Crippen MR) is 246 cm³/mol. The summed E-state index contributed by atoms with van der Waals surface area (Å²) in [7, 11) is 0. The van der Waals surface area contributed by atoms with Crippen LogP contribution in [0.15, 0.2) is 24.3 Å². The first-order valence-corrected chi connectivity index (χ1v) is 24.5. The second kappa shape index (κ2) is 47.4. The zero-order valence-corrected chi connectivity index (χ0v) is 38.4. The van der Waals surface area contributed by atoms with Crippen LogP contribution < -0.4 is 16.0 Å². The van der Waals surface area contributed by atoms with Crippen LogP contribution in [0.2, 0.25) is 0 Å². The van der Waals surface area contributed by atoms with E-state index in [0.717, 1.165) is 25.7 Å². The Bertz CT molecular complexity index is 901. The van der Waals surface area contributed by atoms with Crippen LogP contribution in [0.4, 0.5) is 0 Å². The normalized spacial score (nSPS) is 11.7. The number of nitrogens with one attached hydrogen (secondary N) is 3. The van der Waals surface area contributed by atoms with Gasteiger partial charge in [-0.2, -0.15) is 0 Å². The minimum Gasteiger partial charge on any atom is -0.379 e. The number of carbonyl (C=O) groups excluding carboxylic acids is 3. The fourth-order valence-electron chi connectivity index (χ4n) is 6.90. The molecule has 0 saturated heterocycles. The molecule has 0 radical (unpaired) electrons. The number of hydrogen-bond donors (Lipinski definition) is 3. The molecule has 0 saturated carbocycles. The maximum Gasteiger partial charge on any atom is 0.222 e. The summed E-state index contributed by atoms with van der Waals surface area (Å²) in [4.78, 5) is 39.6. The van der Waals surface area contributed by atoms with Gasteiger partial charge in [0, 0.05) is 65.1 Å². The number of ether oxygens (including phenoxy) is 2. The summed E-state index contributed by atoms with van der Waals surface area (Å²) in [6, 6.07) is 0. The molecule has 0 aliphatic rings. The van der Waals surface area contributed by atoms with E-state index >= 15 is 0 Å². The van der Waals surface area contributed by atoms with E-state index < -0.39 is 0 Å². The van der Waals surface area contributed by atoms with E-state index in [2.05, 4.69) is 59.0 Å². The first-order valence-electron chi connectivity index (χ1n) is 24.5. The van der Waals surface area contributed by atoms with Gasteiger partial charge in [0.1, 0.15) is 0 Å². The van der Waals surface area contributed by atoms with Crippen LogP contribution in [0.25, 0.3) is 0 Å². The molecule has 0 unspecified atom stereocenters. The highest BCUT2D eigenvalue weighted by Gasteiger charge is 2.10. The van der Waals surface area contributed by atoms with E-state index in [0.29, 0.717) is 85.0 Å². The largest absolute Gasteiger partial charge is 0.379 e. The lowest BCUT2D eigenvalue weighted by Gasteiger charge is -2.23. The second-order valence-corrected chi connectivity index (χ2v) is 16.1. The highest BCUT2D eigenvalue weighted by Crippen LogP contribution is 2.12. The standard InChI is InChI=1S/C49H94N4O5/c1-4-7-9-11-13-15-17-19-21-23-25-27-29-31-33-35-47(54)50-38-41-53(43-40-52-49(56)37-44-58-46-45-57-6-3)42-39-51-48(55)36-34-32-30-28-26-24-22-20-18-16-14-12-10-8-5-2/h19-22H,4-18,23-46H2,1-3H3,(H,50,54)(H,51,55)(H,52,56). The minimum absolute atomic E-state index is 0.0436. The maximum absolute atomic E-state index is 12.6. The monoisotopic (exact) mass is 819 g/mol. The van der Waals surface area contributed by atoms with Crippen molar-refractivity contribution in [1.29, 1.82) is 0 Å². The zero-order valence-electron chi connectivity index (χ0n) is 38.4. The molecular weight excluding hydrogens is 725 g/mol. The van der Waals surface area contributed by atoms with Crippen LogP contribution in [0.1, 0.15) is 207 Å². The molecule has 0 aromatic rings. The van der Waals surface area contributed by atoms with Gasteiger partial charge in [-0.15, -0.1) is 0 Å². The van der Waals surface area contributed by atoms with Crippen molar-refractivity contribution in [2.45, 2.75) is 207 Å². The molecule has 0 atom stereocenters. The van der Waals surface area contributed by atoms with Crippen LogP contribution >= 0.6 is 0 Å². The number of amides is 3. The number of allylic oxidation sites excluding steroid dienone is 4. The van der Waals surface area contributed by atoms with E-state index in [9.17, 15) is 14.4 Å². The first kappa shape index (κ1) is 55.8. The van der Waals surface area contributed by atoms with Crippen molar-refractivity contribution in [2.24, 2.45) is 0 Å². The van der Waals surface area contributed by atoms with Crippen molar-refractivity contribution in [3.8, 4) is 0 Å². The number of unbranched alkanes of at least 4 members (excludes halogenated alkanes) is 22. The summed E-state index contributed by atoms with van der Waals surface area (Å²) in [5, 5.41) is 9.16. The van der Waals surface area contributed by atoms with Crippen molar-refractivity contribution in [3.05, 3.63) is 24.3 Å². The maximum atomic E-state index is 12.6. The van der Waals surface area contributed by atoms with Gasteiger partial charge in [-0.1, -0.05) is 141 Å². The highest BCUT2D eigenvalue weighted by atomic mass is 16.5. The van der Waals surface area contributed by atoms with Gasteiger partial charge in [-0.25, -0.2) is 0 Å². The highest BCUT2D eigenvalue weighted by molar-refractivity contribution is 5.76. The van der Waals surface area contributed by atoms with E-state index in [4.69, 9.17) is 9.47 Å². The number of nitrogens with zero attached hydrogens (tertiary/aromatic N) is 1. The van der Waals surface area contributed by atoms with Crippen LogP contribution in [0, 0.1) is 0 Å². The van der Waals surface area contributed by atoms with E-state index in [1.54, 1.807) is 0 Å². The smallest absolute Gasteiger partial charge is 0.222 e. The number of carbonyl (C=O) groups is 3. The summed E-state index contributed by atoms with van der Waals surface area (Å²) >= 11 is 0. The molecule has 3 N–H and O–H groups in total. The van der Waals surface area contributed by atoms with Crippen molar-refractivity contribution in [2.75, 3.05) is 65.7 Å². The Morgan fingerprint density at radius 1 is 0.397 bits per heavy atom. The summed E-state index contributed by atoms with van der Waals surface area (Å²) in [5.41, 5.74) is 0. The average Bonchev–Trinajstić information content (AvgIpc) is 3.21. The molecule has 0 spiro atoms. The summed E-state index contributed by atoms with van der Waals surface area (Å²) in [6.07, 6.45) is 43.2. The molecule has 0 rings (SSSR count). The lowest BCUT2D eigenvalue weighted by atomic mass is 10.1. The predicted octanol–water partition coefficient (Wildman–Crippen LogP) is 11.2. The molecule has 0 aromatic heterocycles. The van der Waals surface area contributed by atoms with Crippen LogP contribution in [-0.2, 0) is 23.9 Å². The summed E-state index contributed by atoms with van der Waals surface area (Å²) in [6.45, 7) is 12.1. The minimum atomic E-state index is -0.0436. The molecule has 9 nitrogen and oxygen atoms in total. The molecule has 340 valence electrons. The van der Waals surface area contributed by atoms with Gasteiger partial charge in [0.2, 0.25) is 17.7 Å². The molecule has 9 heteroatoms. The van der Waals surface area contributed by atoms with Crippen LogP contribution in [0.5, 0.6) is 0 Å². The Kier molecular flexibility index (Phi) is 45.6. The van der Waals surface area contributed by atoms with Crippen molar-refractivity contribution < 1.29 is 23.9 Å². The van der Waals surface area contributed by atoms with Gasteiger partial charge in [0.05, 0.1) is 19.8 Å². The SMILES string of the molecule is CCCCCCCCC=CCCCCCCCC(=O)NCCN(CCNC(=O)CCCCCCCC=CCCCCCCCC)CCNC(=O)CCOCCOCC. The third-order valence-corrected chi connectivity index (χ3v) is 10.6. The van der Waals surface area contributed by atoms with Gasteiger partial charge in [0.25, 0.3) is 0 Å². The molecule has 0 bridgehead atoms. The lowest BCUT2D eigenvalue weighted by Crippen LogP contribution is -2.43. The molecule has 0 fully saturated rings. The van der Waals surface area contributed by atoms with Gasteiger partial charge >= 0.3 is 0 Å². The van der Waals surface area contributed by atoms with Gasteiger partial charge in [-0.3, -0.25) is 19.3 Å². The van der Waals surface area contributed by atoms with Gasteiger partial charge < -0.3 is 25.4 Å². The molecular formula is C49H94N4O5. The zero-order chi connectivity index (χ0) is 42.3. The second-order valence-electron chi connectivity index (χ2n) is 16.1. The van der Waals surface area contributed by atoms with Crippen molar-refractivity contribution >= 4 is 17.7 Å². The fraction of sp³-hybridized carbons (Fsp3) is 0.857. The molecule has 0 aliphatic carbocycles. The molecule has 0 heterocycles. The Morgan fingerprint density at radius 2 is 0.724 bits per heavy atom. The topological polar surface area (TPSA) is 109 Å². The van der Waals surface area contributed by atoms with Crippen molar-refractivity contribution in [1.82, 2.24) is 20.9 Å². The summed E-state index contributed by atoms with van der Waals surface area (Å²) < 4.78 is 10.7. The number of rotatable bonds is 46. The van der Waals surface area contributed by atoms with E-state index in [-0.39, 0.29) is 17.7 Å². The Hall–Kier alpha value is -2.23. The third-order valence-electron chi connectivity index (χ3n) is 10.6. The Labute approximate surface area is 358 Å². The third kappa shape index (κ3) is 44.9. The first-order chi connectivity index (χ1) is 28.5. The van der Waals surface area contributed by atoms with Gasteiger partial charge in [-0.05, 0) is 71.1 Å². The van der Waals surface area contributed by atoms with Gasteiger partial charge in [0.15, 0.2) is 0 Å².